The number of carbonyl (C=O) groups excluding carboxylic acids is 3. The zero-order valence-corrected chi connectivity index (χ0v) is 18.0. The molecule has 0 spiro atoms. The predicted molar refractivity (Wildman–Crippen MR) is 111 cm³/mol. The number of alkyl halides is 3. The number of hydrogen-bond donors (Lipinski definition) is 1. The van der Waals surface area contributed by atoms with E-state index in [1.54, 1.807) is 0 Å². The van der Waals surface area contributed by atoms with Gasteiger partial charge in [-0.05, 0) is 29.8 Å². The molecule has 33 heavy (non-hydrogen) atoms. The molecule has 3 rings (SSSR count). The van der Waals surface area contributed by atoms with E-state index < -0.39 is 29.9 Å². The van der Waals surface area contributed by atoms with Crippen LogP contribution in [0.15, 0.2) is 37.2 Å². The number of nitrogens with zero attached hydrogens (tertiary/aromatic N) is 5. The maximum Gasteiger partial charge on any atom is 0.471 e. The minimum atomic E-state index is -5.10. The van der Waals surface area contributed by atoms with E-state index in [4.69, 9.17) is 11.6 Å². The number of piperazine rings is 1. The molecule has 3 amide bonds. The Labute approximate surface area is 191 Å². The summed E-state index contributed by atoms with van der Waals surface area (Å²) in [5.41, 5.74) is 0.594. The van der Waals surface area contributed by atoms with Crippen LogP contribution >= 0.6 is 11.6 Å². The van der Waals surface area contributed by atoms with Gasteiger partial charge in [0.05, 0.1) is 17.4 Å². The molecule has 174 valence electrons. The predicted octanol–water partition coefficient (Wildman–Crippen LogP) is 2.01. The van der Waals surface area contributed by atoms with Gasteiger partial charge in [0, 0.05) is 26.7 Å². The summed E-state index contributed by atoms with van der Waals surface area (Å²) < 4.78 is 39.7. The van der Waals surface area contributed by atoms with Crippen LogP contribution in [-0.2, 0) is 9.59 Å². The van der Waals surface area contributed by atoms with Crippen LogP contribution in [0.25, 0.3) is 11.4 Å². The van der Waals surface area contributed by atoms with E-state index in [2.05, 4.69) is 26.8 Å². The SMILES string of the molecule is C=CC(=O)N1CCN(C(=O)C(F)(F)F)[C@@H](c2cc(Cl)nc(-c3cc(C(=O)NC)ncn3)c2)C1. The molecular weight excluding hydrogens is 465 g/mol. The summed E-state index contributed by atoms with van der Waals surface area (Å²) in [7, 11) is 1.42. The second-order valence-corrected chi connectivity index (χ2v) is 7.36. The van der Waals surface area contributed by atoms with E-state index in [1.807, 2.05) is 0 Å². The summed E-state index contributed by atoms with van der Waals surface area (Å²) in [6.07, 6.45) is -2.92. The van der Waals surface area contributed by atoms with Crippen LogP contribution in [0.2, 0.25) is 5.15 Å². The highest BCUT2D eigenvalue weighted by molar-refractivity contribution is 6.29. The quantitative estimate of drug-likeness (QED) is 0.527. The van der Waals surface area contributed by atoms with Crippen LogP contribution in [0.3, 0.4) is 0 Å². The van der Waals surface area contributed by atoms with Gasteiger partial charge in [-0.1, -0.05) is 18.2 Å². The fourth-order valence-electron chi connectivity index (χ4n) is 3.39. The molecule has 3 heterocycles. The van der Waals surface area contributed by atoms with Crippen molar-refractivity contribution in [2.24, 2.45) is 0 Å². The average molecular weight is 483 g/mol. The molecule has 1 fully saturated rings. The number of nitrogens with one attached hydrogen (secondary N) is 1. The second-order valence-electron chi connectivity index (χ2n) is 6.98. The normalized spacial score (nSPS) is 16.3. The molecule has 2 aromatic rings. The Morgan fingerprint density at radius 2 is 1.91 bits per heavy atom. The van der Waals surface area contributed by atoms with Crippen LogP contribution in [0, 0.1) is 0 Å². The Hall–Kier alpha value is -3.54. The van der Waals surface area contributed by atoms with Crippen LogP contribution in [0.1, 0.15) is 22.1 Å². The lowest BCUT2D eigenvalue weighted by Gasteiger charge is -2.41. The van der Waals surface area contributed by atoms with E-state index >= 15 is 0 Å². The van der Waals surface area contributed by atoms with Crippen LogP contribution in [0.5, 0.6) is 0 Å². The van der Waals surface area contributed by atoms with Crippen molar-refractivity contribution in [3.05, 3.63) is 53.6 Å². The largest absolute Gasteiger partial charge is 0.471 e. The van der Waals surface area contributed by atoms with Gasteiger partial charge in [0.1, 0.15) is 17.2 Å². The topological polar surface area (TPSA) is 108 Å². The Bertz CT molecular complexity index is 1110. The van der Waals surface area contributed by atoms with Gasteiger partial charge in [-0.3, -0.25) is 14.4 Å². The summed E-state index contributed by atoms with van der Waals surface area (Å²) in [6, 6.07) is 2.91. The molecule has 0 bridgehead atoms. The number of pyridine rings is 1. The number of aromatic nitrogens is 3. The first-order valence-electron chi connectivity index (χ1n) is 9.56. The minimum Gasteiger partial charge on any atom is -0.354 e. The first-order valence-corrected chi connectivity index (χ1v) is 9.94. The number of halogens is 4. The molecule has 0 unspecified atom stereocenters. The molecule has 1 saturated heterocycles. The maximum absolute atomic E-state index is 13.2. The van der Waals surface area contributed by atoms with Gasteiger partial charge in [-0.15, -0.1) is 0 Å². The standard InChI is InChI=1S/C20H18ClF3N6O3/c1-3-17(31)29-4-5-30(19(33)20(22,23)24)15(9-29)11-6-13(28-16(21)7-11)12-8-14(18(32)25-2)27-10-26-12/h3,6-8,10,15H,1,4-5,9H2,2H3,(H,25,32)/t15-/m1/s1. The molecule has 13 heteroatoms. The highest BCUT2D eigenvalue weighted by atomic mass is 35.5. The van der Waals surface area contributed by atoms with Gasteiger partial charge in [-0.25, -0.2) is 15.0 Å². The van der Waals surface area contributed by atoms with Crippen molar-refractivity contribution in [2.75, 3.05) is 26.7 Å². The number of amides is 3. The smallest absolute Gasteiger partial charge is 0.354 e. The first-order chi connectivity index (χ1) is 15.5. The number of rotatable bonds is 4. The molecule has 1 N–H and O–H groups in total. The van der Waals surface area contributed by atoms with Gasteiger partial charge in [-0.2, -0.15) is 13.2 Å². The van der Waals surface area contributed by atoms with Gasteiger partial charge in [0.15, 0.2) is 0 Å². The summed E-state index contributed by atoms with van der Waals surface area (Å²) in [4.78, 5) is 50.1. The molecule has 1 atom stereocenters. The second kappa shape index (κ2) is 9.53. The van der Waals surface area contributed by atoms with Crippen LogP contribution < -0.4 is 5.32 Å². The molecule has 0 aromatic carbocycles. The van der Waals surface area contributed by atoms with Gasteiger partial charge >= 0.3 is 12.1 Å². The van der Waals surface area contributed by atoms with E-state index in [0.29, 0.717) is 4.90 Å². The van der Waals surface area contributed by atoms with Crippen molar-refractivity contribution in [1.82, 2.24) is 30.1 Å². The average Bonchev–Trinajstić information content (AvgIpc) is 2.81. The zero-order chi connectivity index (χ0) is 24.3. The molecule has 1 aliphatic rings. The van der Waals surface area contributed by atoms with Crippen molar-refractivity contribution < 1.29 is 27.6 Å². The summed E-state index contributed by atoms with van der Waals surface area (Å²) in [5.74, 6) is -2.99. The third-order valence-electron chi connectivity index (χ3n) is 4.96. The molecule has 9 nitrogen and oxygen atoms in total. The van der Waals surface area contributed by atoms with Crippen molar-refractivity contribution in [2.45, 2.75) is 12.2 Å². The number of carbonyl (C=O) groups is 3. The van der Waals surface area contributed by atoms with Crippen molar-refractivity contribution >= 4 is 29.3 Å². The minimum absolute atomic E-state index is 0.0418. The van der Waals surface area contributed by atoms with Gasteiger partial charge in [0.25, 0.3) is 5.91 Å². The molecule has 0 radical (unpaired) electrons. The molecular formula is C20H18ClF3N6O3. The lowest BCUT2D eigenvalue weighted by molar-refractivity contribution is -0.190. The third kappa shape index (κ3) is 5.28. The lowest BCUT2D eigenvalue weighted by Crippen LogP contribution is -2.55. The van der Waals surface area contributed by atoms with E-state index in [0.717, 1.165) is 12.4 Å². The zero-order valence-electron chi connectivity index (χ0n) is 17.3. The third-order valence-corrected chi connectivity index (χ3v) is 5.15. The van der Waals surface area contributed by atoms with E-state index in [1.165, 1.54) is 30.1 Å². The lowest BCUT2D eigenvalue weighted by atomic mass is 10.0. The van der Waals surface area contributed by atoms with E-state index in [-0.39, 0.29) is 47.4 Å². The van der Waals surface area contributed by atoms with E-state index in [9.17, 15) is 27.6 Å². The van der Waals surface area contributed by atoms with Crippen molar-refractivity contribution in [3.63, 3.8) is 0 Å². The van der Waals surface area contributed by atoms with Crippen LogP contribution in [0.4, 0.5) is 13.2 Å². The summed E-state index contributed by atoms with van der Waals surface area (Å²) >= 11 is 6.14. The fourth-order valence-corrected chi connectivity index (χ4v) is 3.61. The highest BCUT2D eigenvalue weighted by Gasteiger charge is 2.46. The fraction of sp³-hybridized carbons (Fsp3) is 0.300. The Morgan fingerprint density at radius 1 is 1.18 bits per heavy atom. The van der Waals surface area contributed by atoms with Crippen LogP contribution in [-0.4, -0.2) is 75.3 Å². The molecule has 0 saturated carbocycles. The number of hydrogen-bond acceptors (Lipinski definition) is 6. The summed E-state index contributed by atoms with van der Waals surface area (Å²) in [5, 5.41) is 2.34. The Balaban J connectivity index is 2.06. The Kier molecular flexibility index (Phi) is 6.96. The Morgan fingerprint density at radius 3 is 2.55 bits per heavy atom. The summed E-state index contributed by atoms with van der Waals surface area (Å²) in [6.45, 7) is 2.76. The van der Waals surface area contributed by atoms with Gasteiger partial charge < -0.3 is 15.1 Å². The maximum atomic E-state index is 13.2. The highest BCUT2D eigenvalue weighted by Crippen LogP contribution is 2.33. The monoisotopic (exact) mass is 482 g/mol. The molecule has 2 aromatic heterocycles. The molecule has 0 aliphatic carbocycles. The van der Waals surface area contributed by atoms with Gasteiger partial charge in [0.2, 0.25) is 5.91 Å². The van der Waals surface area contributed by atoms with Crippen molar-refractivity contribution in [1.29, 1.82) is 0 Å². The van der Waals surface area contributed by atoms with Crippen molar-refractivity contribution in [3.8, 4) is 11.4 Å². The molecule has 1 aliphatic heterocycles. The first kappa shape index (κ1) is 24.1.